The van der Waals surface area contributed by atoms with Crippen LogP contribution in [-0.2, 0) is 6.54 Å². The van der Waals surface area contributed by atoms with Gasteiger partial charge in [-0.1, -0.05) is 13.8 Å². The van der Waals surface area contributed by atoms with Crippen LogP contribution in [0.3, 0.4) is 0 Å². The zero-order valence-corrected chi connectivity index (χ0v) is 13.6. The third-order valence-corrected chi connectivity index (χ3v) is 3.98. The fraction of sp³-hybridized carbons (Fsp3) is 0.562. The van der Waals surface area contributed by atoms with E-state index in [-0.39, 0.29) is 11.8 Å². The minimum Gasteiger partial charge on any atom is -0.472 e. The molecule has 0 bridgehead atoms. The molecule has 23 heavy (non-hydrogen) atoms. The molecule has 1 saturated heterocycles. The van der Waals surface area contributed by atoms with Gasteiger partial charge in [-0.25, -0.2) is 0 Å². The SMILES string of the molecule is CC(C)c1nnc(CN2CCCN(C(=O)c3ccoc3)CC2)o1. The Morgan fingerprint density at radius 3 is 2.83 bits per heavy atom. The van der Waals surface area contributed by atoms with Crippen LogP contribution in [0.5, 0.6) is 0 Å². The standard InChI is InChI=1S/C16H22N4O3/c1-12(2)15-18-17-14(23-15)10-19-5-3-6-20(8-7-19)16(21)13-4-9-22-11-13/h4,9,11-12H,3,5-8,10H2,1-2H3. The molecule has 7 nitrogen and oxygen atoms in total. The van der Waals surface area contributed by atoms with Crippen LogP contribution in [0.2, 0.25) is 0 Å². The van der Waals surface area contributed by atoms with E-state index >= 15 is 0 Å². The highest BCUT2D eigenvalue weighted by Gasteiger charge is 2.22. The van der Waals surface area contributed by atoms with Gasteiger partial charge in [-0.3, -0.25) is 9.69 Å². The van der Waals surface area contributed by atoms with E-state index in [1.165, 1.54) is 12.5 Å². The van der Waals surface area contributed by atoms with Crippen molar-refractivity contribution in [1.29, 1.82) is 0 Å². The summed E-state index contributed by atoms with van der Waals surface area (Å²) < 4.78 is 10.7. The molecule has 0 spiro atoms. The molecule has 0 saturated carbocycles. The zero-order valence-electron chi connectivity index (χ0n) is 13.6. The first-order valence-corrected chi connectivity index (χ1v) is 7.99. The summed E-state index contributed by atoms with van der Waals surface area (Å²) in [5.41, 5.74) is 0.608. The van der Waals surface area contributed by atoms with Crippen molar-refractivity contribution in [2.24, 2.45) is 0 Å². The minimum absolute atomic E-state index is 0.0282. The Labute approximate surface area is 135 Å². The largest absolute Gasteiger partial charge is 0.472 e. The summed E-state index contributed by atoms with van der Waals surface area (Å²) in [4.78, 5) is 16.5. The lowest BCUT2D eigenvalue weighted by molar-refractivity contribution is 0.0760. The number of hydrogen-bond donors (Lipinski definition) is 0. The fourth-order valence-electron chi connectivity index (χ4n) is 2.66. The zero-order chi connectivity index (χ0) is 16.2. The van der Waals surface area contributed by atoms with Gasteiger partial charge in [0, 0.05) is 32.1 Å². The van der Waals surface area contributed by atoms with E-state index in [2.05, 4.69) is 15.1 Å². The van der Waals surface area contributed by atoms with Crippen LogP contribution in [0.4, 0.5) is 0 Å². The van der Waals surface area contributed by atoms with E-state index in [4.69, 9.17) is 8.83 Å². The maximum Gasteiger partial charge on any atom is 0.257 e. The maximum absolute atomic E-state index is 12.4. The van der Waals surface area contributed by atoms with E-state index < -0.39 is 0 Å². The Hall–Kier alpha value is -2.15. The number of aromatic nitrogens is 2. The van der Waals surface area contributed by atoms with Crippen molar-refractivity contribution in [2.75, 3.05) is 26.2 Å². The van der Waals surface area contributed by atoms with Gasteiger partial charge in [0.2, 0.25) is 11.8 Å². The predicted molar refractivity (Wildman–Crippen MR) is 82.9 cm³/mol. The molecule has 124 valence electrons. The fourth-order valence-corrected chi connectivity index (χ4v) is 2.66. The maximum atomic E-state index is 12.4. The van der Waals surface area contributed by atoms with Gasteiger partial charge in [-0.15, -0.1) is 10.2 Å². The first-order valence-electron chi connectivity index (χ1n) is 7.99. The molecule has 7 heteroatoms. The van der Waals surface area contributed by atoms with Crippen molar-refractivity contribution in [1.82, 2.24) is 20.0 Å². The number of hydrogen-bond acceptors (Lipinski definition) is 6. The summed E-state index contributed by atoms with van der Waals surface area (Å²) >= 11 is 0. The predicted octanol–water partition coefficient (Wildman–Crippen LogP) is 2.13. The molecule has 1 fully saturated rings. The highest BCUT2D eigenvalue weighted by Crippen LogP contribution is 2.15. The molecule has 1 aliphatic heterocycles. The lowest BCUT2D eigenvalue weighted by Gasteiger charge is -2.20. The van der Waals surface area contributed by atoms with Crippen molar-refractivity contribution in [3.63, 3.8) is 0 Å². The van der Waals surface area contributed by atoms with Gasteiger partial charge in [0.05, 0.1) is 18.4 Å². The summed E-state index contributed by atoms with van der Waals surface area (Å²) in [5, 5.41) is 8.17. The molecule has 0 unspecified atom stereocenters. The molecule has 0 N–H and O–H groups in total. The van der Waals surface area contributed by atoms with Crippen LogP contribution >= 0.6 is 0 Å². The van der Waals surface area contributed by atoms with Gasteiger partial charge in [-0.05, 0) is 12.5 Å². The number of carbonyl (C=O) groups is 1. The molecule has 0 atom stereocenters. The summed E-state index contributed by atoms with van der Waals surface area (Å²) in [6, 6.07) is 1.71. The molecule has 2 aromatic rings. The number of nitrogens with zero attached hydrogens (tertiary/aromatic N) is 4. The van der Waals surface area contributed by atoms with Gasteiger partial charge in [0.25, 0.3) is 5.91 Å². The molecular weight excluding hydrogens is 296 g/mol. The lowest BCUT2D eigenvalue weighted by Crippen LogP contribution is -2.34. The van der Waals surface area contributed by atoms with Crippen LogP contribution in [0.15, 0.2) is 27.4 Å². The number of furan rings is 1. The van der Waals surface area contributed by atoms with Crippen molar-refractivity contribution < 1.29 is 13.6 Å². The van der Waals surface area contributed by atoms with Crippen LogP contribution < -0.4 is 0 Å². The van der Waals surface area contributed by atoms with Gasteiger partial charge in [-0.2, -0.15) is 0 Å². The van der Waals surface area contributed by atoms with E-state index in [0.29, 0.717) is 30.4 Å². The van der Waals surface area contributed by atoms with E-state index in [0.717, 1.165) is 26.1 Å². The Morgan fingerprint density at radius 2 is 2.13 bits per heavy atom. The smallest absolute Gasteiger partial charge is 0.257 e. The Morgan fingerprint density at radius 1 is 1.26 bits per heavy atom. The van der Waals surface area contributed by atoms with Crippen molar-refractivity contribution in [3.05, 3.63) is 35.9 Å². The second kappa shape index (κ2) is 6.95. The average Bonchev–Trinajstić information content (AvgIpc) is 3.16. The Bertz CT molecular complexity index is 636. The summed E-state index contributed by atoms with van der Waals surface area (Å²) in [6.07, 6.45) is 3.95. The highest BCUT2D eigenvalue weighted by atomic mass is 16.4. The molecule has 3 rings (SSSR count). The monoisotopic (exact) mass is 318 g/mol. The third-order valence-electron chi connectivity index (χ3n) is 3.98. The summed E-state index contributed by atoms with van der Waals surface area (Å²) in [5.74, 6) is 1.58. The van der Waals surface area contributed by atoms with Crippen LogP contribution in [-0.4, -0.2) is 52.1 Å². The molecule has 3 heterocycles. The second-order valence-electron chi connectivity index (χ2n) is 6.12. The highest BCUT2D eigenvalue weighted by molar-refractivity contribution is 5.93. The Kier molecular flexibility index (Phi) is 4.76. The average molecular weight is 318 g/mol. The second-order valence-corrected chi connectivity index (χ2v) is 6.12. The van der Waals surface area contributed by atoms with Gasteiger partial charge >= 0.3 is 0 Å². The first kappa shape index (κ1) is 15.7. The van der Waals surface area contributed by atoms with Crippen molar-refractivity contribution in [3.8, 4) is 0 Å². The molecule has 0 radical (unpaired) electrons. The minimum atomic E-state index is 0.0282. The van der Waals surface area contributed by atoms with Gasteiger partial charge in [0.15, 0.2) is 0 Å². The Balaban J connectivity index is 1.56. The van der Waals surface area contributed by atoms with E-state index in [9.17, 15) is 4.79 Å². The van der Waals surface area contributed by atoms with Crippen LogP contribution in [0.25, 0.3) is 0 Å². The summed E-state index contributed by atoms with van der Waals surface area (Å²) in [6.45, 7) is 7.84. The molecule has 1 aliphatic rings. The summed E-state index contributed by atoms with van der Waals surface area (Å²) in [7, 11) is 0. The van der Waals surface area contributed by atoms with E-state index in [1.807, 2.05) is 18.7 Å². The number of carbonyl (C=O) groups excluding carboxylic acids is 1. The van der Waals surface area contributed by atoms with E-state index in [1.54, 1.807) is 6.07 Å². The number of rotatable bonds is 4. The van der Waals surface area contributed by atoms with Gasteiger partial charge < -0.3 is 13.7 Å². The quantitative estimate of drug-likeness (QED) is 0.859. The molecule has 0 aromatic carbocycles. The molecule has 0 aliphatic carbocycles. The molecular formula is C16H22N4O3. The number of amides is 1. The lowest BCUT2D eigenvalue weighted by atomic mass is 10.2. The normalized spacial score (nSPS) is 16.7. The van der Waals surface area contributed by atoms with Gasteiger partial charge in [0.1, 0.15) is 6.26 Å². The van der Waals surface area contributed by atoms with Crippen LogP contribution in [0.1, 0.15) is 48.3 Å². The van der Waals surface area contributed by atoms with Crippen molar-refractivity contribution in [2.45, 2.75) is 32.7 Å². The van der Waals surface area contributed by atoms with Crippen LogP contribution in [0, 0.1) is 0 Å². The molecule has 1 amide bonds. The van der Waals surface area contributed by atoms with Crippen molar-refractivity contribution >= 4 is 5.91 Å². The first-order chi connectivity index (χ1) is 11.1. The topological polar surface area (TPSA) is 75.6 Å². The molecule has 2 aromatic heterocycles. The third kappa shape index (κ3) is 3.79.